The molecular weight excluding hydrogens is 286 g/mol. The summed E-state index contributed by atoms with van der Waals surface area (Å²) in [5.41, 5.74) is 3.26. The number of aromatic nitrogens is 1. The lowest BCUT2D eigenvalue weighted by Gasteiger charge is -2.07. The fourth-order valence-electron chi connectivity index (χ4n) is 2.86. The summed E-state index contributed by atoms with van der Waals surface area (Å²) < 4.78 is 11.4. The molecule has 0 atom stereocenters. The summed E-state index contributed by atoms with van der Waals surface area (Å²) in [4.78, 5) is 3.45. The van der Waals surface area contributed by atoms with Gasteiger partial charge in [0.15, 0.2) is 0 Å². The standard InChI is InChI=1S/C20H17NO2/c1-22-15-10-11-18-17(12-15)16-8-5-9-19(20(16)21-18)23-13-14-6-3-2-4-7-14/h2-12,21H,13H2,1H3. The predicted octanol–water partition coefficient (Wildman–Crippen LogP) is 4.91. The number of H-pyrrole nitrogens is 1. The van der Waals surface area contributed by atoms with Crippen LogP contribution in [0.4, 0.5) is 0 Å². The Morgan fingerprint density at radius 1 is 0.870 bits per heavy atom. The molecule has 0 bridgehead atoms. The minimum atomic E-state index is 0.554. The number of aromatic amines is 1. The Morgan fingerprint density at radius 2 is 1.74 bits per heavy atom. The van der Waals surface area contributed by atoms with Crippen LogP contribution in [0, 0.1) is 0 Å². The zero-order valence-electron chi connectivity index (χ0n) is 12.9. The SMILES string of the molecule is COc1ccc2[nH]c3c(OCc4ccccc4)cccc3c2c1. The number of fused-ring (bicyclic) bond motifs is 3. The van der Waals surface area contributed by atoms with E-state index in [2.05, 4.69) is 29.2 Å². The fraction of sp³-hybridized carbons (Fsp3) is 0.100. The highest BCUT2D eigenvalue weighted by Gasteiger charge is 2.10. The second-order valence-electron chi connectivity index (χ2n) is 5.49. The van der Waals surface area contributed by atoms with E-state index in [-0.39, 0.29) is 0 Å². The van der Waals surface area contributed by atoms with Crippen LogP contribution in [0.3, 0.4) is 0 Å². The van der Waals surface area contributed by atoms with Crippen molar-refractivity contribution in [3.05, 3.63) is 72.3 Å². The number of nitrogens with one attached hydrogen (secondary N) is 1. The first-order valence-electron chi connectivity index (χ1n) is 7.60. The van der Waals surface area contributed by atoms with Gasteiger partial charge in [0.1, 0.15) is 18.1 Å². The van der Waals surface area contributed by atoms with Gasteiger partial charge < -0.3 is 14.5 Å². The summed E-state index contributed by atoms with van der Waals surface area (Å²) in [5, 5.41) is 2.29. The third kappa shape index (κ3) is 2.50. The van der Waals surface area contributed by atoms with E-state index in [0.29, 0.717) is 6.61 Å². The van der Waals surface area contributed by atoms with Gasteiger partial charge >= 0.3 is 0 Å². The molecule has 0 spiro atoms. The van der Waals surface area contributed by atoms with Gasteiger partial charge in [0.25, 0.3) is 0 Å². The lowest BCUT2D eigenvalue weighted by atomic mass is 10.1. The molecular formula is C20H17NO2. The van der Waals surface area contributed by atoms with Crippen molar-refractivity contribution in [1.82, 2.24) is 4.98 Å². The molecule has 4 rings (SSSR count). The lowest BCUT2D eigenvalue weighted by Crippen LogP contribution is -1.95. The first kappa shape index (κ1) is 13.7. The normalized spacial score (nSPS) is 11.0. The minimum absolute atomic E-state index is 0.554. The van der Waals surface area contributed by atoms with Crippen LogP contribution < -0.4 is 9.47 Å². The molecule has 0 saturated heterocycles. The van der Waals surface area contributed by atoms with Crippen LogP contribution in [0.1, 0.15) is 5.56 Å². The molecule has 0 radical (unpaired) electrons. The highest BCUT2D eigenvalue weighted by atomic mass is 16.5. The molecule has 0 saturated carbocycles. The smallest absolute Gasteiger partial charge is 0.143 e. The van der Waals surface area contributed by atoms with E-state index in [9.17, 15) is 0 Å². The Balaban J connectivity index is 1.75. The molecule has 0 aliphatic heterocycles. The first-order chi connectivity index (χ1) is 11.3. The molecule has 1 heterocycles. The second kappa shape index (κ2) is 5.69. The van der Waals surface area contributed by atoms with Crippen LogP contribution in [0.25, 0.3) is 21.8 Å². The molecule has 3 heteroatoms. The maximum atomic E-state index is 6.03. The van der Waals surface area contributed by atoms with Gasteiger partial charge in [0.2, 0.25) is 0 Å². The third-order valence-corrected chi connectivity index (χ3v) is 4.04. The van der Waals surface area contributed by atoms with Crippen molar-refractivity contribution in [2.75, 3.05) is 7.11 Å². The largest absolute Gasteiger partial charge is 0.497 e. The molecule has 3 nitrogen and oxygen atoms in total. The van der Waals surface area contributed by atoms with E-state index >= 15 is 0 Å². The zero-order chi connectivity index (χ0) is 15.6. The monoisotopic (exact) mass is 303 g/mol. The summed E-state index contributed by atoms with van der Waals surface area (Å²) in [6, 6.07) is 22.4. The Morgan fingerprint density at radius 3 is 2.57 bits per heavy atom. The predicted molar refractivity (Wildman–Crippen MR) is 93.1 cm³/mol. The molecule has 0 aliphatic rings. The van der Waals surface area contributed by atoms with E-state index in [0.717, 1.165) is 38.9 Å². The zero-order valence-corrected chi connectivity index (χ0v) is 12.9. The molecule has 0 fully saturated rings. The molecule has 0 unspecified atom stereocenters. The number of para-hydroxylation sites is 1. The van der Waals surface area contributed by atoms with Gasteiger partial charge in [-0.05, 0) is 29.8 Å². The van der Waals surface area contributed by atoms with Crippen LogP contribution in [-0.4, -0.2) is 12.1 Å². The van der Waals surface area contributed by atoms with Crippen molar-refractivity contribution < 1.29 is 9.47 Å². The van der Waals surface area contributed by atoms with Crippen molar-refractivity contribution in [1.29, 1.82) is 0 Å². The Labute approximate surface area is 134 Å². The topological polar surface area (TPSA) is 34.2 Å². The highest BCUT2D eigenvalue weighted by molar-refractivity contribution is 6.09. The maximum Gasteiger partial charge on any atom is 0.143 e. The molecule has 23 heavy (non-hydrogen) atoms. The van der Waals surface area contributed by atoms with E-state index in [4.69, 9.17) is 9.47 Å². The van der Waals surface area contributed by atoms with Gasteiger partial charge in [0.05, 0.1) is 12.6 Å². The number of hydrogen-bond acceptors (Lipinski definition) is 2. The number of hydrogen-bond donors (Lipinski definition) is 1. The van der Waals surface area contributed by atoms with Gasteiger partial charge in [-0.1, -0.05) is 42.5 Å². The summed E-state index contributed by atoms with van der Waals surface area (Å²) in [6.07, 6.45) is 0. The first-order valence-corrected chi connectivity index (χ1v) is 7.60. The van der Waals surface area contributed by atoms with Crippen molar-refractivity contribution in [3.63, 3.8) is 0 Å². The molecule has 1 aromatic heterocycles. The Bertz CT molecular complexity index is 957. The van der Waals surface area contributed by atoms with Crippen LogP contribution >= 0.6 is 0 Å². The van der Waals surface area contributed by atoms with E-state index in [1.165, 1.54) is 0 Å². The number of methoxy groups -OCH3 is 1. The van der Waals surface area contributed by atoms with Crippen LogP contribution in [0.2, 0.25) is 0 Å². The average Bonchev–Trinajstić information content (AvgIpc) is 2.99. The quantitative estimate of drug-likeness (QED) is 0.581. The number of rotatable bonds is 4. The minimum Gasteiger partial charge on any atom is -0.497 e. The summed E-state index contributed by atoms with van der Waals surface area (Å²) in [7, 11) is 1.68. The lowest BCUT2D eigenvalue weighted by molar-refractivity contribution is 0.309. The van der Waals surface area contributed by atoms with Crippen LogP contribution in [0.15, 0.2) is 66.7 Å². The highest BCUT2D eigenvalue weighted by Crippen LogP contribution is 2.33. The van der Waals surface area contributed by atoms with Gasteiger partial charge in [-0.3, -0.25) is 0 Å². The van der Waals surface area contributed by atoms with E-state index in [1.807, 2.05) is 42.5 Å². The van der Waals surface area contributed by atoms with Crippen molar-refractivity contribution in [3.8, 4) is 11.5 Å². The summed E-state index contributed by atoms with van der Waals surface area (Å²) in [6.45, 7) is 0.554. The van der Waals surface area contributed by atoms with Crippen LogP contribution in [0.5, 0.6) is 11.5 Å². The molecule has 0 amide bonds. The molecule has 114 valence electrons. The molecule has 1 N–H and O–H groups in total. The number of ether oxygens (including phenoxy) is 2. The van der Waals surface area contributed by atoms with Crippen molar-refractivity contribution >= 4 is 21.8 Å². The average molecular weight is 303 g/mol. The van der Waals surface area contributed by atoms with Crippen molar-refractivity contribution in [2.45, 2.75) is 6.61 Å². The van der Waals surface area contributed by atoms with Gasteiger partial charge in [-0.25, -0.2) is 0 Å². The third-order valence-electron chi connectivity index (χ3n) is 4.04. The maximum absolute atomic E-state index is 6.03. The second-order valence-corrected chi connectivity index (χ2v) is 5.49. The van der Waals surface area contributed by atoms with Gasteiger partial charge in [-0.2, -0.15) is 0 Å². The van der Waals surface area contributed by atoms with Gasteiger partial charge in [0, 0.05) is 16.3 Å². The van der Waals surface area contributed by atoms with E-state index < -0.39 is 0 Å². The molecule has 0 aliphatic carbocycles. The van der Waals surface area contributed by atoms with Crippen molar-refractivity contribution in [2.24, 2.45) is 0 Å². The Kier molecular flexibility index (Phi) is 3.39. The number of benzene rings is 3. The Hall–Kier alpha value is -2.94. The van der Waals surface area contributed by atoms with Crippen LogP contribution in [-0.2, 0) is 6.61 Å². The van der Waals surface area contributed by atoms with E-state index in [1.54, 1.807) is 7.11 Å². The fourth-order valence-corrected chi connectivity index (χ4v) is 2.86. The summed E-state index contributed by atoms with van der Waals surface area (Å²) >= 11 is 0. The molecule has 4 aromatic rings. The van der Waals surface area contributed by atoms with Gasteiger partial charge in [-0.15, -0.1) is 0 Å². The molecule has 3 aromatic carbocycles. The summed E-state index contributed by atoms with van der Waals surface area (Å²) in [5.74, 6) is 1.72.